The second kappa shape index (κ2) is 6.60. The molecule has 3 nitrogen and oxygen atoms in total. The predicted octanol–water partition coefficient (Wildman–Crippen LogP) is 2.85. The van der Waals surface area contributed by atoms with E-state index in [0.29, 0.717) is 12.3 Å². The maximum absolute atomic E-state index is 12.2. The SMILES string of the molecule is CC1CCCN(C(=O)CCc2ccc(N)cc2)CC1. The normalized spacial score (nSPS) is 20.1. The van der Waals surface area contributed by atoms with Crippen molar-refractivity contribution in [2.24, 2.45) is 5.92 Å². The molecule has 1 aliphatic rings. The van der Waals surface area contributed by atoms with Crippen molar-refractivity contribution >= 4 is 11.6 Å². The molecule has 1 atom stereocenters. The molecular weight excluding hydrogens is 236 g/mol. The molecule has 0 aliphatic carbocycles. The number of rotatable bonds is 3. The number of benzene rings is 1. The predicted molar refractivity (Wildman–Crippen MR) is 78.8 cm³/mol. The van der Waals surface area contributed by atoms with Gasteiger partial charge in [-0.2, -0.15) is 0 Å². The van der Waals surface area contributed by atoms with Crippen molar-refractivity contribution in [1.29, 1.82) is 0 Å². The van der Waals surface area contributed by atoms with E-state index in [2.05, 4.69) is 6.92 Å². The molecule has 0 spiro atoms. The number of hydrogen-bond donors (Lipinski definition) is 1. The molecule has 1 aromatic carbocycles. The van der Waals surface area contributed by atoms with Gasteiger partial charge in [0.2, 0.25) is 5.91 Å². The van der Waals surface area contributed by atoms with Gasteiger partial charge >= 0.3 is 0 Å². The van der Waals surface area contributed by atoms with Crippen LogP contribution in [0.15, 0.2) is 24.3 Å². The van der Waals surface area contributed by atoms with Gasteiger partial charge in [0.05, 0.1) is 0 Å². The minimum atomic E-state index is 0.297. The average molecular weight is 260 g/mol. The minimum Gasteiger partial charge on any atom is -0.399 e. The van der Waals surface area contributed by atoms with Crippen molar-refractivity contribution in [2.75, 3.05) is 18.8 Å². The first-order valence-corrected chi connectivity index (χ1v) is 7.27. The number of anilines is 1. The lowest BCUT2D eigenvalue weighted by Gasteiger charge is -2.20. The monoisotopic (exact) mass is 260 g/mol. The molecule has 0 aromatic heterocycles. The van der Waals surface area contributed by atoms with Crippen LogP contribution in [0, 0.1) is 5.92 Å². The topological polar surface area (TPSA) is 46.3 Å². The third kappa shape index (κ3) is 4.27. The van der Waals surface area contributed by atoms with Crippen molar-refractivity contribution < 1.29 is 4.79 Å². The summed E-state index contributed by atoms with van der Waals surface area (Å²) in [6, 6.07) is 7.81. The zero-order valence-corrected chi connectivity index (χ0v) is 11.8. The fourth-order valence-corrected chi connectivity index (χ4v) is 2.61. The smallest absolute Gasteiger partial charge is 0.222 e. The Morgan fingerprint density at radius 1 is 1.26 bits per heavy atom. The first kappa shape index (κ1) is 13.9. The van der Waals surface area contributed by atoms with E-state index in [9.17, 15) is 4.79 Å². The second-order valence-corrected chi connectivity index (χ2v) is 5.66. The van der Waals surface area contributed by atoms with Crippen LogP contribution in [0.2, 0.25) is 0 Å². The van der Waals surface area contributed by atoms with Gasteiger partial charge in [-0.3, -0.25) is 4.79 Å². The number of nitrogen functional groups attached to an aromatic ring is 1. The molecule has 2 rings (SSSR count). The van der Waals surface area contributed by atoms with Crippen molar-refractivity contribution in [1.82, 2.24) is 4.90 Å². The van der Waals surface area contributed by atoms with Gasteiger partial charge in [-0.15, -0.1) is 0 Å². The number of amides is 1. The summed E-state index contributed by atoms with van der Waals surface area (Å²) < 4.78 is 0. The Bertz CT molecular complexity index is 413. The summed E-state index contributed by atoms with van der Waals surface area (Å²) in [7, 11) is 0. The molecule has 1 fully saturated rings. The van der Waals surface area contributed by atoms with E-state index < -0.39 is 0 Å². The number of aryl methyl sites for hydroxylation is 1. The van der Waals surface area contributed by atoms with Gasteiger partial charge in [0.15, 0.2) is 0 Å². The summed E-state index contributed by atoms with van der Waals surface area (Å²) in [5, 5.41) is 0. The summed E-state index contributed by atoms with van der Waals surface area (Å²) >= 11 is 0. The van der Waals surface area contributed by atoms with Crippen LogP contribution in [0.4, 0.5) is 5.69 Å². The minimum absolute atomic E-state index is 0.297. The molecular formula is C16H24N2O. The van der Waals surface area contributed by atoms with E-state index in [4.69, 9.17) is 5.73 Å². The highest BCUT2D eigenvalue weighted by Crippen LogP contribution is 2.17. The van der Waals surface area contributed by atoms with E-state index in [1.807, 2.05) is 29.2 Å². The van der Waals surface area contributed by atoms with Gasteiger partial charge < -0.3 is 10.6 Å². The zero-order chi connectivity index (χ0) is 13.7. The highest BCUT2D eigenvalue weighted by molar-refractivity contribution is 5.76. The molecule has 19 heavy (non-hydrogen) atoms. The van der Waals surface area contributed by atoms with Crippen molar-refractivity contribution in [3.63, 3.8) is 0 Å². The van der Waals surface area contributed by atoms with E-state index >= 15 is 0 Å². The quantitative estimate of drug-likeness (QED) is 0.849. The highest BCUT2D eigenvalue weighted by atomic mass is 16.2. The largest absolute Gasteiger partial charge is 0.399 e. The van der Waals surface area contributed by atoms with Crippen molar-refractivity contribution in [3.05, 3.63) is 29.8 Å². The number of hydrogen-bond acceptors (Lipinski definition) is 2. The number of likely N-dealkylation sites (tertiary alicyclic amines) is 1. The van der Waals surface area contributed by atoms with Crippen LogP contribution < -0.4 is 5.73 Å². The lowest BCUT2D eigenvalue weighted by Crippen LogP contribution is -2.32. The third-order valence-corrected chi connectivity index (χ3v) is 3.98. The maximum Gasteiger partial charge on any atom is 0.222 e. The van der Waals surface area contributed by atoms with Crippen LogP contribution in [-0.4, -0.2) is 23.9 Å². The molecule has 0 bridgehead atoms. The summed E-state index contributed by atoms with van der Waals surface area (Å²) in [4.78, 5) is 14.2. The molecule has 2 N–H and O–H groups in total. The van der Waals surface area contributed by atoms with Gasteiger partial charge in [-0.1, -0.05) is 19.1 Å². The Kier molecular flexibility index (Phi) is 4.83. The maximum atomic E-state index is 12.2. The molecule has 1 saturated heterocycles. The van der Waals surface area contributed by atoms with Gasteiger partial charge in [0, 0.05) is 25.2 Å². The van der Waals surface area contributed by atoms with E-state index in [0.717, 1.165) is 44.0 Å². The summed E-state index contributed by atoms with van der Waals surface area (Å²) in [5.74, 6) is 1.06. The summed E-state index contributed by atoms with van der Waals surface area (Å²) in [5.41, 5.74) is 7.62. The molecule has 1 aliphatic heterocycles. The van der Waals surface area contributed by atoms with Crippen molar-refractivity contribution in [3.8, 4) is 0 Å². The fourth-order valence-electron chi connectivity index (χ4n) is 2.61. The number of carbonyl (C=O) groups is 1. The van der Waals surface area contributed by atoms with Crippen LogP contribution in [0.3, 0.4) is 0 Å². The summed E-state index contributed by atoms with van der Waals surface area (Å²) in [6.45, 7) is 4.15. The van der Waals surface area contributed by atoms with Crippen LogP contribution in [-0.2, 0) is 11.2 Å². The average Bonchev–Trinajstić information content (AvgIpc) is 2.63. The zero-order valence-electron chi connectivity index (χ0n) is 11.8. The highest BCUT2D eigenvalue weighted by Gasteiger charge is 2.17. The van der Waals surface area contributed by atoms with Gasteiger partial charge in [-0.25, -0.2) is 0 Å². The van der Waals surface area contributed by atoms with Crippen LogP contribution in [0.25, 0.3) is 0 Å². The standard InChI is InChI=1S/C16H24N2O/c1-13-3-2-11-18(12-10-13)16(19)9-6-14-4-7-15(17)8-5-14/h4-5,7-8,13H,2-3,6,9-12,17H2,1H3. The van der Waals surface area contributed by atoms with Crippen LogP contribution >= 0.6 is 0 Å². The molecule has 1 unspecified atom stereocenters. The molecule has 0 radical (unpaired) electrons. The third-order valence-electron chi connectivity index (χ3n) is 3.98. The first-order chi connectivity index (χ1) is 9.15. The molecule has 3 heteroatoms. The Morgan fingerprint density at radius 2 is 2.00 bits per heavy atom. The molecule has 1 heterocycles. The Hall–Kier alpha value is -1.51. The van der Waals surface area contributed by atoms with E-state index in [-0.39, 0.29) is 0 Å². The van der Waals surface area contributed by atoms with E-state index in [1.165, 1.54) is 12.0 Å². The van der Waals surface area contributed by atoms with Gasteiger partial charge in [0.1, 0.15) is 0 Å². The lowest BCUT2D eigenvalue weighted by atomic mass is 10.0. The molecule has 1 amide bonds. The Labute approximate surface area is 115 Å². The van der Waals surface area contributed by atoms with Gasteiger partial charge in [0.25, 0.3) is 0 Å². The molecule has 1 aromatic rings. The Balaban J connectivity index is 1.82. The van der Waals surface area contributed by atoms with Crippen LogP contribution in [0.5, 0.6) is 0 Å². The molecule has 0 saturated carbocycles. The second-order valence-electron chi connectivity index (χ2n) is 5.66. The fraction of sp³-hybridized carbons (Fsp3) is 0.562. The van der Waals surface area contributed by atoms with Crippen molar-refractivity contribution in [2.45, 2.75) is 39.0 Å². The Morgan fingerprint density at radius 3 is 2.74 bits per heavy atom. The summed E-state index contributed by atoms with van der Waals surface area (Å²) in [6.07, 6.45) is 4.97. The van der Waals surface area contributed by atoms with E-state index in [1.54, 1.807) is 0 Å². The molecule has 104 valence electrons. The van der Waals surface area contributed by atoms with Gasteiger partial charge in [-0.05, 0) is 49.3 Å². The lowest BCUT2D eigenvalue weighted by molar-refractivity contribution is -0.131. The number of nitrogens with two attached hydrogens (primary N) is 1. The first-order valence-electron chi connectivity index (χ1n) is 7.27. The van der Waals surface area contributed by atoms with Crippen LogP contribution in [0.1, 0.15) is 38.2 Å². The number of carbonyl (C=O) groups excluding carboxylic acids is 1. The number of nitrogens with zero attached hydrogens (tertiary/aromatic N) is 1.